The summed E-state index contributed by atoms with van der Waals surface area (Å²) >= 11 is 0. The van der Waals surface area contributed by atoms with E-state index < -0.39 is 8.07 Å². The molecular formula is C14H22OSi. The first kappa shape index (κ1) is 13.2. The number of aliphatic hydroxyl groups is 1. The van der Waals surface area contributed by atoms with Crippen molar-refractivity contribution in [2.45, 2.75) is 39.5 Å². The smallest absolute Gasteiger partial charge is 0.104 e. The van der Waals surface area contributed by atoms with Crippen LogP contribution >= 0.6 is 0 Å². The Kier molecular flexibility index (Phi) is 4.51. The number of hydrogen-bond donors (Lipinski definition) is 1. The normalized spacial score (nSPS) is 14.9. The van der Waals surface area contributed by atoms with Crippen molar-refractivity contribution < 1.29 is 5.11 Å². The molecule has 0 radical (unpaired) electrons. The highest BCUT2D eigenvalue weighted by molar-refractivity contribution is 6.94. The lowest BCUT2D eigenvalue weighted by atomic mass is 10.1. The van der Waals surface area contributed by atoms with Crippen LogP contribution in [0.2, 0.25) is 13.1 Å². The van der Waals surface area contributed by atoms with E-state index in [-0.39, 0.29) is 6.10 Å². The van der Waals surface area contributed by atoms with Gasteiger partial charge in [-0.05, 0) is 18.9 Å². The molecule has 1 N–H and O–H groups in total. The van der Waals surface area contributed by atoms with Crippen molar-refractivity contribution in [1.29, 1.82) is 0 Å². The molecule has 16 heavy (non-hydrogen) atoms. The van der Waals surface area contributed by atoms with Gasteiger partial charge in [0, 0.05) is 0 Å². The molecule has 0 fully saturated rings. The molecule has 0 unspecified atom stereocenters. The number of hydrogen-bond acceptors (Lipinski definition) is 1. The lowest BCUT2D eigenvalue weighted by molar-refractivity contribution is 0.228. The van der Waals surface area contributed by atoms with Gasteiger partial charge in [-0.3, -0.25) is 0 Å². The van der Waals surface area contributed by atoms with Crippen LogP contribution in [0.5, 0.6) is 0 Å². The molecule has 2 heteroatoms. The zero-order valence-electron chi connectivity index (χ0n) is 10.7. The monoisotopic (exact) mass is 234 g/mol. The molecule has 1 aromatic carbocycles. The molecule has 0 aliphatic carbocycles. The first-order valence-electron chi connectivity index (χ1n) is 5.92. The van der Waals surface area contributed by atoms with Crippen molar-refractivity contribution in [2.24, 2.45) is 0 Å². The van der Waals surface area contributed by atoms with E-state index in [1.807, 2.05) is 13.0 Å². The summed E-state index contributed by atoms with van der Waals surface area (Å²) in [7, 11) is -1.55. The fourth-order valence-corrected chi connectivity index (χ4v) is 4.52. The van der Waals surface area contributed by atoms with Gasteiger partial charge in [0.1, 0.15) is 8.07 Å². The molecule has 0 aliphatic rings. The van der Waals surface area contributed by atoms with Crippen LogP contribution in [-0.2, 0) is 0 Å². The average Bonchev–Trinajstić information content (AvgIpc) is 2.27. The molecule has 1 rings (SSSR count). The van der Waals surface area contributed by atoms with E-state index in [0.29, 0.717) is 0 Å². The molecule has 1 atom stereocenters. The maximum Gasteiger partial charge on any atom is 0.104 e. The van der Waals surface area contributed by atoms with Crippen molar-refractivity contribution in [3.05, 3.63) is 41.6 Å². The Morgan fingerprint density at radius 2 is 1.88 bits per heavy atom. The van der Waals surface area contributed by atoms with Crippen LogP contribution in [0.1, 0.15) is 20.3 Å². The standard InChI is InChI=1S/C14H22OSi/c1-5-13(12(2)15)11-16(3,4)14-9-7-6-8-10-14/h6-12,15H,5H2,1-4H3/b13-11+/t12-/m0/s1. The summed E-state index contributed by atoms with van der Waals surface area (Å²) in [5.41, 5.74) is 3.49. The van der Waals surface area contributed by atoms with Crippen LogP contribution in [0, 0.1) is 0 Å². The summed E-state index contributed by atoms with van der Waals surface area (Å²) < 4.78 is 0. The van der Waals surface area contributed by atoms with Crippen molar-refractivity contribution in [3.63, 3.8) is 0 Å². The van der Waals surface area contributed by atoms with E-state index in [4.69, 9.17) is 0 Å². The van der Waals surface area contributed by atoms with E-state index in [9.17, 15) is 5.11 Å². The van der Waals surface area contributed by atoms with Gasteiger partial charge < -0.3 is 5.11 Å². The predicted octanol–water partition coefficient (Wildman–Crippen LogP) is 2.86. The molecule has 0 saturated heterocycles. The van der Waals surface area contributed by atoms with Crippen molar-refractivity contribution in [1.82, 2.24) is 0 Å². The molecule has 88 valence electrons. The minimum Gasteiger partial charge on any atom is -0.389 e. The lowest BCUT2D eigenvalue weighted by Crippen LogP contribution is -2.40. The molecule has 0 amide bonds. The van der Waals surface area contributed by atoms with Gasteiger partial charge in [0.2, 0.25) is 0 Å². The molecule has 1 aromatic rings. The van der Waals surface area contributed by atoms with Gasteiger partial charge in [-0.2, -0.15) is 0 Å². The quantitative estimate of drug-likeness (QED) is 0.794. The summed E-state index contributed by atoms with van der Waals surface area (Å²) in [6, 6.07) is 10.6. The average molecular weight is 234 g/mol. The topological polar surface area (TPSA) is 20.2 Å². The van der Waals surface area contributed by atoms with Crippen LogP contribution in [0.4, 0.5) is 0 Å². The highest BCUT2D eigenvalue weighted by Crippen LogP contribution is 2.14. The summed E-state index contributed by atoms with van der Waals surface area (Å²) in [5.74, 6) is 0. The van der Waals surface area contributed by atoms with Gasteiger partial charge in [0.15, 0.2) is 0 Å². The van der Waals surface area contributed by atoms with Crippen molar-refractivity contribution >= 4 is 13.3 Å². The highest BCUT2D eigenvalue weighted by atomic mass is 28.3. The molecule has 0 saturated carbocycles. The predicted molar refractivity (Wildman–Crippen MR) is 73.6 cm³/mol. The minimum absolute atomic E-state index is 0.319. The third-order valence-electron chi connectivity index (χ3n) is 3.01. The van der Waals surface area contributed by atoms with Gasteiger partial charge >= 0.3 is 0 Å². The van der Waals surface area contributed by atoms with Crippen molar-refractivity contribution in [2.75, 3.05) is 0 Å². The van der Waals surface area contributed by atoms with E-state index in [0.717, 1.165) is 6.42 Å². The van der Waals surface area contributed by atoms with E-state index in [1.54, 1.807) is 0 Å². The third kappa shape index (κ3) is 3.32. The first-order chi connectivity index (χ1) is 7.47. The van der Waals surface area contributed by atoms with Crippen LogP contribution < -0.4 is 5.19 Å². The van der Waals surface area contributed by atoms with Gasteiger partial charge in [0.25, 0.3) is 0 Å². The molecule has 1 nitrogen and oxygen atoms in total. The molecule has 0 aromatic heterocycles. The van der Waals surface area contributed by atoms with Crippen LogP contribution in [-0.4, -0.2) is 19.3 Å². The second kappa shape index (κ2) is 5.46. The van der Waals surface area contributed by atoms with Crippen LogP contribution in [0.15, 0.2) is 41.6 Å². The Labute approximate surface area is 99.8 Å². The zero-order chi connectivity index (χ0) is 12.2. The summed E-state index contributed by atoms with van der Waals surface area (Å²) in [6.45, 7) is 8.60. The largest absolute Gasteiger partial charge is 0.389 e. The lowest BCUT2D eigenvalue weighted by Gasteiger charge is -2.21. The molecule has 0 bridgehead atoms. The number of aliphatic hydroxyl groups excluding tert-OH is 1. The van der Waals surface area contributed by atoms with E-state index in [1.165, 1.54) is 10.8 Å². The Morgan fingerprint density at radius 1 is 1.31 bits per heavy atom. The summed E-state index contributed by atoms with van der Waals surface area (Å²) in [4.78, 5) is 0. The van der Waals surface area contributed by atoms with E-state index in [2.05, 4.69) is 50.0 Å². The molecule has 0 heterocycles. The fraction of sp³-hybridized carbons (Fsp3) is 0.429. The molecular weight excluding hydrogens is 212 g/mol. The second-order valence-electron chi connectivity index (χ2n) is 4.84. The summed E-state index contributed by atoms with van der Waals surface area (Å²) in [5, 5.41) is 11.1. The Bertz CT molecular complexity index is 352. The van der Waals surface area contributed by atoms with E-state index >= 15 is 0 Å². The molecule has 0 aliphatic heterocycles. The van der Waals surface area contributed by atoms with Crippen LogP contribution in [0.3, 0.4) is 0 Å². The summed E-state index contributed by atoms with van der Waals surface area (Å²) in [6.07, 6.45) is 0.612. The minimum atomic E-state index is -1.55. The zero-order valence-corrected chi connectivity index (χ0v) is 11.7. The maximum atomic E-state index is 9.68. The Hall–Kier alpha value is -0.863. The Morgan fingerprint density at radius 3 is 2.31 bits per heavy atom. The Balaban J connectivity index is 3.03. The van der Waals surface area contributed by atoms with Gasteiger partial charge in [0.05, 0.1) is 6.10 Å². The fourth-order valence-electron chi connectivity index (χ4n) is 1.93. The SMILES string of the molecule is CC/C(=C\[Si](C)(C)c1ccccc1)[C@H](C)O. The molecule has 0 spiro atoms. The maximum absolute atomic E-state index is 9.68. The second-order valence-corrected chi connectivity index (χ2v) is 9.15. The van der Waals surface area contributed by atoms with Gasteiger partial charge in [-0.1, -0.05) is 61.2 Å². The van der Waals surface area contributed by atoms with Crippen molar-refractivity contribution in [3.8, 4) is 0 Å². The van der Waals surface area contributed by atoms with Gasteiger partial charge in [-0.25, -0.2) is 0 Å². The van der Waals surface area contributed by atoms with Gasteiger partial charge in [-0.15, -0.1) is 0 Å². The third-order valence-corrected chi connectivity index (χ3v) is 5.92. The number of rotatable bonds is 4. The van der Waals surface area contributed by atoms with Crippen LogP contribution in [0.25, 0.3) is 0 Å². The highest BCUT2D eigenvalue weighted by Gasteiger charge is 2.21. The number of benzene rings is 1. The first-order valence-corrected chi connectivity index (χ1v) is 9.00.